The normalized spacial score (nSPS) is 13.4. The first kappa shape index (κ1) is 23.2. The van der Waals surface area contributed by atoms with E-state index in [4.69, 9.17) is 28.9 Å². The van der Waals surface area contributed by atoms with E-state index in [0.717, 1.165) is 16.0 Å². The standard InChI is InChI=1S/C22H18Cl2N4O4S/c23-14-5-4-13(17(24)9-14)10-27-7-6-16-18(11-27)33-22(19(16)20(25)29)26-21(30)12-2-1-3-15(8-12)28(31)32/h1-5,8-9H,6-7,10-11H2,(H2,25,29)(H,26,30). The number of non-ortho nitro benzene ring substituents is 1. The quantitative estimate of drug-likeness (QED) is 0.366. The molecule has 0 radical (unpaired) electrons. The Morgan fingerprint density at radius 2 is 2.00 bits per heavy atom. The minimum absolute atomic E-state index is 0.116. The number of fused-ring (bicyclic) bond motifs is 1. The molecule has 33 heavy (non-hydrogen) atoms. The van der Waals surface area contributed by atoms with E-state index < -0.39 is 16.7 Å². The number of amides is 2. The third-order valence-electron chi connectivity index (χ3n) is 5.34. The van der Waals surface area contributed by atoms with Crippen LogP contribution in [0.15, 0.2) is 42.5 Å². The third-order valence-corrected chi connectivity index (χ3v) is 7.06. The molecule has 1 aromatic heterocycles. The van der Waals surface area contributed by atoms with Crippen LogP contribution in [-0.2, 0) is 19.5 Å². The Kier molecular flexibility index (Phi) is 6.66. The topological polar surface area (TPSA) is 119 Å². The molecule has 0 unspecified atom stereocenters. The van der Waals surface area contributed by atoms with E-state index in [9.17, 15) is 19.7 Å². The van der Waals surface area contributed by atoms with Crippen molar-refractivity contribution in [3.8, 4) is 0 Å². The van der Waals surface area contributed by atoms with Gasteiger partial charge in [-0.1, -0.05) is 35.3 Å². The van der Waals surface area contributed by atoms with Crippen molar-refractivity contribution in [1.82, 2.24) is 4.90 Å². The number of nitro groups is 1. The molecule has 11 heteroatoms. The van der Waals surface area contributed by atoms with Crippen molar-refractivity contribution in [2.24, 2.45) is 5.73 Å². The van der Waals surface area contributed by atoms with Gasteiger partial charge in [0.1, 0.15) is 5.00 Å². The number of nitrogens with one attached hydrogen (secondary N) is 1. The summed E-state index contributed by atoms with van der Waals surface area (Å²) < 4.78 is 0. The van der Waals surface area contributed by atoms with E-state index >= 15 is 0 Å². The Hall–Kier alpha value is -2.98. The van der Waals surface area contributed by atoms with Crippen molar-refractivity contribution in [2.75, 3.05) is 11.9 Å². The second-order valence-corrected chi connectivity index (χ2v) is 9.48. The maximum atomic E-state index is 12.7. The van der Waals surface area contributed by atoms with Crippen LogP contribution in [0.5, 0.6) is 0 Å². The van der Waals surface area contributed by atoms with Crippen molar-refractivity contribution >= 4 is 57.0 Å². The minimum atomic E-state index is -0.629. The van der Waals surface area contributed by atoms with Crippen LogP contribution in [0, 0.1) is 10.1 Å². The number of carbonyl (C=O) groups excluding carboxylic acids is 2. The van der Waals surface area contributed by atoms with Gasteiger partial charge < -0.3 is 11.1 Å². The molecule has 0 fully saturated rings. The van der Waals surface area contributed by atoms with Crippen molar-refractivity contribution in [1.29, 1.82) is 0 Å². The van der Waals surface area contributed by atoms with Crippen LogP contribution in [-0.4, -0.2) is 28.2 Å². The summed E-state index contributed by atoms with van der Waals surface area (Å²) in [6, 6.07) is 10.8. The van der Waals surface area contributed by atoms with E-state index in [-0.39, 0.29) is 16.8 Å². The van der Waals surface area contributed by atoms with Gasteiger partial charge in [-0.25, -0.2) is 0 Å². The first-order chi connectivity index (χ1) is 15.7. The molecule has 0 aliphatic carbocycles. The average molecular weight is 505 g/mol. The molecule has 0 saturated carbocycles. The molecule has 0 saturated heterocycles. The second-order valence-electron chi connectivity index (χ2n) is 7.53. The number of halogens is 2. The first-order valence-corrected chi connectivity index (χ1v) is 11.5. The highest BCUT2D eigenvalue weighted by Gasteiger charge is 2.28. The Balaban J connectivity index is 1.57. The Bertz CT molecular complexity index is 1280. The number of thiophene rings is 1. The molecule has 3 N–H and O–H groups in total. The van der Waals surface area contributed by atoms with Crippen molar-refractivity contribution in [3.63, 3.8) is 0 Å². The second kappa shape index (κ2) is 9.48. The van der Waals surface area contributed by atoms with Gasteiger partial charge in [-0.15, -0.1) is 11.3 Å². The number of benzene rings is 2. The van der Waals surface area contributed by atoms with Crippen LogP contribution in [0.1, 0.15) is 36.7 Å². The zero-order valence-corrected chi connectivity index (χ0v) is 19.5. The Morgan fingerprint density at radius 1 is 1.21 bits per heavy atom. The van der Waals surface area contributed by atoms with Crippen LogP contribution in [0.4, 0.5) is 10.7 Å². The summed E-state index contributed by atoms with van der Waals surface area (Å²) in [4.78, 5) is 38.5. The molecule has 0 bridgehead atoms. The maximum absolute atomic E-state index is 12.7. The monoisotopic (exact) mass is 504 g/mol. The van der Waals surface area contributed by atoms with Crippen molar-refractivity contribution < 1.29 is 14.5 Å². The van der Waals surface area contributed by atoms with E-state index in [1.54, 1.807) is 12.1 Å². The van der Waals surface area contributed by atoms with Gasteiger partial charge in [0, 0.05) is 52.3 Å². The molecular formula is C22H18Cl2N4O4S. The number of hydrogen-bond donors (Lipinski definition) is 2. The van der Waals surface area contributed by atoms with E-state index in [1.807, 2.05) is 6.07 Å². The number of nitrogens with two attached hydrogens (primary N) is 1. The first-order valence-electron chi connectivity index (χ1n) is 9.89. The van der Waals surface area contributed by atoms with E-state index in [1.165, 1.54) is 35.6 Å². The molecule has 2 heterocycles. The highest BCUT2D eigenvalue weighted by molar-refractivity contribution is 7.17. The lowest BCUT2D eigenvalue weighted by molar-refractivity contribution is -0.384. The van der Waals surface area contributed by atoms with Crippen LogP contribution in [0.2, 0.25) is 10.0 Å². The van der Waals surface area contributed by atoms with Gasteiger partial charge in [0.2, 0.25) is 0 Å². The largest absolute Gasteiger partial charge is 0.365 e. The maximum Gasteiger partial charge on any atom is 0.270 e. The molecule has 8 nitrogen and oxygen atoms in total. The fourth-order valence-corrected chi connectivity index (χ4v) is 5.53. The van der Waals surface area contributed by atoms with Crippen LogP contribution < -0.4 is 11.1 Å². The number of rotatable bonds is 6. The summed E-state index contributed by atoms with van der Waals surface area (Å²) in [7, 11) is 0. The summed E-state index contributed by atoms with van der Waals surface area (Å²) in [6.07, 6.45) is 0.585. The molecule has 1 aliphatic heterocycles. The Labute approximate surface area is 203 Å². The minimum Gasteiger partial charge on any atom is -0.365 e. The zero-order valence-electron chi connectivity index (χ0n) is 17.1. The van der Waals surface area contributed by atoms with Gasteiger partial charge >= 0.3 is 0 Å². The van der Waals surface area contributed by atoms with Gasteiger partial charge in [0.15, 0.2) is 0 Å². The fraction of sp³-hybridized carbons (Fsp3) is 0.182. The number of carbonyl (C=O) groups is 2. The lowest BCUT2D eigenvalue weighted by Crippen LogP contribution is -2.30. The highest BCUT2D eigenvalue weighted by Crippen LogP contribution is 2.38. The lowest BCUT2D eigenvalue weighted by Gasteiger charge is -2.27. The molecule has 2 aromatic carbocycles. The summed E-state index contributed by atoms with van der Waals surface area (Å²) in [5, 5.41) is 15.2. The molecule has 170 valence electrons. The van der Waals surface area contributed by atoms with Gasteiger partial charge in [0.25, 0.3) is 17.5 Å². The molecule has 2 amide bonds. The summed E-state index contributed by atoms with van der Waals surface area (Å²) in [6.45, 7) is 1.85. The van der Waals surface area contributed by atoms with Gasteiger partial charge in [-0.2, -0.15) is 0 Å². The van der Waals surface area contributed by atoms with Gasteiger partial charge in [-0.3, -0.25) is 24.6 Å². The summed E-state index contributed by atoms with van der Waals surface area (Å²) in [5.74, 6) is -1.18. The Morgan fingerprint density at radius 3 is 2.70 bits per heavy atom. The highest BCUT2D eigenvalue weighted by atomic mass is 35.5. The van der Waals surface area contributed by atoms with E-state index in [0.29, 0.717) is 41.1 Å². The SMILES string of the molecule is NC(=O)c1c(NC(=O)c2cccc([N+](=O)[O-])c2)sc2c1CCN(Cc1ccc(Cl)cc1Cl)C2. The zero-order chi connectivity index (χ0) is 23.7. The summed E-state index contributed by atoms with van der Waals surface area (Å²) >= 11 is 13.6. The van der Waals surface area contributed by atoms with Crippen molar-refractivity contribution in [2.45, 2.75) is 19.5 Å². The smallest absolute Gasteiger partial charge is 0.270 e. The third kappa shape index (κ3) is 5.01. The van der Waals surface area contributed by atoms with Crippen molar-refractivity contribution in [3.05, 3.63) is 89.8 Å². The van der Waals surface area contributed by atoms with Crippen LogP contribution in [0.3, 0.4) is 0 Å². The number of hydrogen-bond acceptors (Lipinski definition) is 6. The van der Waals surface area contributed by atoms with E-state index in [2.05, 4.69) is 10.2 Å². The molecule has 0 spiro atoms. The predicted molar refractivity (Wildman–Crippen MR) is 128 cm³/mol. The number of primary amides is 1. The fourth-order valence-electron chi connectivity index (χ4n) is 3.77. The molecule has 0 atom stereocenters. The number of nitrogens with zero attached hydrogens (tertiary/aromatic N) is 2. The van der Waals surface area contributed by atoms with Crippen LogP contribution >= 0.6 is 34.5 Å². The van der Waals surface area contributed by atoms with Crippen LogP contribution in [0.25, 0.3) is 0 Å². The predicted octanol–water partition coefficient (Wildman–Crippen LogP) is 4.87. The molecule has 1 aliphatic rings. The molecule has 3 aromatic rings. The number of nitro benzene ring substituents is 1. The summed E-state index contributed by atoms with van der Waals surface area (Å²) in [5.41, 5.74) is 7.61. The van der Waals surface area contributed by atoms with Gasteiger partial charge in [-0.05, 0) is 35.7 Å². The molecule has 4 rings (SSSR count). The lowest BCUT2D eigenvalue weighted by atomic mass is 10.0. The molecular weight excluding hydrogens is 487 g/mol. The van der Waals surface area contributed by atoms with Gasteiger partial charge in [0.05, 0.1) is 10.5 Å². The average Bonchev–Trinajstić information content (AvgIpc) is 3.13. The number of anilines is 1.